The van der Waals surface area contributed by atoms with Crippen LogP contribution in [0.2, 0.25) is 10.0 Å². The smallest absolute Gasteiger partial charge is 0.266 e. The zero-order chi connectivity index (χ0) is 22.4. The van der Waals surface area contributed by atoms with Crippen LogP contribution in [0.4, 0.5) is 11.4 Å². The van der Waals surface area contributed by atoms with Gasteiger partial charge in [-0.05, 0) is 60.5 Å². The Morgan fingerprint density at radius 3 is 2.39 bits per heavy atom. The zero-order valence-corrected chi connectivity index (χ0v) is 18.0. The fourth-order valence-electron chi connectivity index (χ4n) is 2.80. The monoisotopic (exact) mass is 449 g/mol. The lowest BCUT2D eigenvalue weighted by atomic mass is 10.1. The van der Waals surface area contributed by atoms with E-state index in [-0.39, 0.29) is 11.5 Å². The van der Waals surface area contributed by atoms with Gasteiger partial charge in [0.25, 0.3) is 11.8 Å². The number of nitrogens with one attached hydrogen (secondary N) is 2. The topological polar surface area (TPSA) is 82.0 Å². The van der Waals surface area contributed by atoms with E-state index in [1.54, 1.807) is 73.7 Å². The number of anilines is 2. The summed E-state index contributed by atoms with van der Waals surface area (Å²) in [6, 6.07) is 20.6. The third-order valence-corrected chi connectivity index (χ3v) is 5.19. The molecule has 0 aliphatic carbocycles. The van der Waals surface area contributed by atoms with Crippen LogP contribution in [-0.4, -0.2) is 11.8 Å². The van der Waals surface area contributed by atoms with Crippen molar-refractivity contribution in [3.63, 3.8) is 0 Å². The van der Waals surface area contributed by atoms with E-state index in [1.807, 2.05) is 6.07 Å². The van der Waals surface area contributed by atoms with Gasteiger partial charge in [-0.2, -0.15) is 5.26 Å². The maximum absolute atomic E-state index is 12.6. The van der Waals surface area contributed by atoms with E-state index in [0.29, 0.717) is 38.1 Å². The molecular weight excluding hydrogens is 433 g/mol. The molecule has 0 fully saturated rings. The Bertz CT molecular complexity index is 1230. The Balaban J connectivity index is 1.79. The summed E-state index contributed by atoms with van der Waals surface area (Å²) in [6.07, 6.45) is 1.44. The third kappa shape index (κ3) is 5.52. The molecule has 0 aromatic heterocycles. The molecule has 0 heterocycles. The minimum atomic E-state index is -0.557. The molecule has 0 saturated carbocycles. The molecule has 31 heavy (non-hydrogen) atoms. The predicted octanol–water partition coefficient (Wildman–Crippen LogP) is 6.10. The van der Waals surface area contributed by atoms with Crippen LogP contribution in [0.3, 0.4) is 0 Å². The lowest BCUT2D eigenvalue weighted by Crippen LogP contribution is -2.14. The number of hydrogen-bond acceptors (Lipinski definition) is 3. The Labute approximate surface area is 189 Å². The van der Waals surface area contributed by atoms with E-state index >= 15 is 0 Å². The van der Waals surface area contributed by atoms with Crippen molar-refractivity contribution in [2.24, 2.45) is 0 Å². The number of carbonyl (C=O) groups excluding carboxylic acids is 2. The lowest BCUT2D eigenvalue weighted by Gasteiger charge is -2.09. The molecule has 0 spiro atoms. The zero-order valence-electron chi connectivity index (χ0n) is 16.4. The predicted molar refractivity (Wildman–Crippen MR) is 124 cm³/mol. The first-order valence-electron chi connectivity index (χ1n) is 9.23. The second-order valence-electron chi connectivity index (χ2n) is 6.60. The number of rotatable bonds is 5. The van der Waals surface area contributed by atoms with Gasteiger partial charge in [-0.3, -0.25) is 9.59 Å². The quantitative estimate of drug-likeness (QED) is 0.364. The number of nitriles is 1. The second kappa shape index (κ2) is 9.94. The van der Waals surface area contributed by atoms with Gasteiger partial charge in [0.15, 0.2) is 0 Å². The molecule has 0 aliphatic rings. The number of carbonyl (C=O) groups is 2. The van der Waals surface area contributed by atoms with Crippen LogP contribution in [0.15, 0.2) is 72.3 Å². The summed E-state index contributed by atoms with van der Waals surface area (Å²) in [5.74, 6) is -0.917. The van der Waals surface area contributed by atoms with Crippen LogP contribution in [0.25, 0.3) is 6.08 Å². The minimum absolute atomic E-state index is 0.0889. The number of halogens is 2. The van der Waals surface area contributed by atoms with Crippen molar-refractivity contribution in [1.82, 2.24) is 0 Å². The third-order valence-electron chi connectivity index (χ3n) is 4.45. The molecule has 5 nitrogen and oxygen atoms in total. The first-order chi connectivity index (χ1) is 14.9. The summed E-state index contributed by atoms with van der Waals surface area (Å²) < 4.78 is 0. The molecule has 0 aliphatic heterocycles. The molecule has 2 N–H and O–H groups in total. The average molecular weight is 450 g/mol. The van der Waals surface area contributed by atoms with Gasteiger partial charge in [-0.1, -0.05) is 53.5 Å². The SMILES string of the molecule is Cc1c(Cl)cccc1NC(=O)/C(C#N)=C/c1cccc(NC(=O)c2ccccc2Cl)c1. The summed E-state index contributed by atoms with van der Waals surface area (Å²) in [5.41, 5.74) is 2.57. The van der Waals surface area contributed by atoms with Crippen LogP contribution in [0.1, 0.15) is 21.5 Å². The maximum atomic E-state index is 12.6. The normalized spacial score (nSPS) is 10.8. The second-order valence-corrected chi connectivity index (χ2v) is 7.41. The molecule has 0 atom stereocenters. The van der Waals surface area contributed by atoms with Gasteiger partial charge in [-0.15, -0.1) is 0 Å². The van der Waals surface area contributed by atoms with Gasteiger partial charge in [0.1, 0.15) is 11.6 Å². The van der Waals surface area contributed by atoms with Crippen molar-refractivity contribution in [3.05, 3.63) is 99.0 Å². The highest BCUT2D eigenvalue weighted by Crippen LogP contribution is 2.24. The van der Waals surface area contributed by atoms with Gasteiger partial charge < -0.3 is 10.6 Å². The Kier molecular flexibility index (Phi) is 7.09. The molecule has 154 valence electrons. The van der Waals surface area contributed by atoms with Crippen LogP contribution in [-0.2, 0) is 4.79 Å². The van der Waals surface area contributed by atoms with Crippen molar-refractivity contribution in [1.29, 1.82) is 5.26 Å². The van der Waals surface area contributed by atoms with Crippen molar-refractivity contribution in [2.45, 2.75) is 6.92 Å². The Morgan fingerprint density at radius 1 is 0.935 bits per heavy atom. The van der Waals surface area contributed by atoms with E-state index < -0.39 is 5.91 Å². The summed E-state index contributed by atoms with van der Waals surface area (Å²) in [5, 5.41) is 15.8. The van der Waals surface area contributed by atoms with Crippen LogP contribution in [0.5, 0.6) is 0 Å². The number of nitrogens with zero attached hydrogens (tertiary/aromatic N) is 1. The maximum Gasteiger partial charge on any atom is 0.266 e. The van der Waals surface area contributed by atoms with Gasteiger partial charge in [0.05, 0.1) is 10.6 Å². The molecular formula is C24H17Cl2N3O2. The van der Waals surface area contributed by atoms with Gasteiger partial charge in [0, 0.05) is 16.4 Å². The van der Waals surface area contributed by atoms with Crippen LogP contribution in [0, 0.1) is 18.3 Å². The van der Waals surface area contributed by atoms with Crippen LogP contribution >= 0.6 is 23.2 Å². The van der Waals surface area contributed by atoms with E-state index in [1.165, 1.54) is 6.08 Å². The highest BCUT2D eigenvalue weighted by Gasteiger charge is 2.13. The summed E-state index contributed by atoms with van der Waals surface area (Å²) in [6.45, 7) is 1.78. The highest BCUT2D eigenvalue weighted by atomic mass is 35.5. The highest BCUT2D eigenvalue weighted by molar-refractivity contribution is 6.34. The van der Waals surface area contributed by atoms with Crippen molar-refractivity contribution in [3.8, 4) is 6.07 Å². The molecule has 0 unspecified atom stereocenters. The molecule has 3 rings (SSSR count). The van der Waals surface area contributed by atoms with Gasteiger partial charge in [-0.25, -0.2) is 0 Å². The largest absolute Gasteiger partial charge is 0.322 e. The van der Waals surface area contributed by atoms with E-state index in [0.717, 1.165) is 0 Å². The van der Waals surface area contributed by atoms with Crippen molar-refractivity contribution < 1.29 is 9.59 Å². The molecule has 0 radical (unpaired) electrons. The van der Waals surface area contributed by atoms with Gasteiger partial charge >= 0.3 is 0 Å². The molecule has 7 heteroatoms. The Morgan fingerprint density at radius 2 is 1.65 bits per heavy atom. The molecule has 3 aromatic carbocycles. The number of hydrogen-bond donors (Lipinski definition) is 2. The standard InChI is InChI=1S/C24H17Cl2N3O2/c1-15-20(25)10-5-11-22(15)29-23(30)17(14-27)12-16-6-4-7-18(13-16)28-24(31)19-8-2-3-9-21(19)26/h2-13H,1H3,(H,28,31)(H,29,30)/b17-12+. The van der Waals surface area contributed by atoms with Gasteiger partial charge in [0.2, 0.25) is 0 Å². The van der Waals surface area contributed by atoms with E-state index in [2.05, 4.69) is 10.6 Å². The minimum Gasteiger partial charge on any atom is -0.322 e. The number of benzene rings is 3. The molecule has 0 bridgehead atoms. The molecule has 2 amide bonds. The van der Waals surface area contributed by atoms with Crippen molar-refractivity contribution >= 4 is 52.5 Å². The first-order valence-corrected chi connectivity index (χ1v) is 9.99. The van der Waals surface area contributed by atoms with E-state index in [4.69, 9.17) is 23.2 Å². The molecule has 3 aromatic rings. The fourth-order valence-corrected chi connectivity index (χ4v) is 3.19. The van der Waals surface area contributed by atoms with E-state index in [9.17, 15) is 14.9 Å². The molecule has 0 saturated heterocycles. The van der Waals surface area contributed by atoms with Crippen LogP contribution < -0.4 is 10.6 Å². The van der Waals surface area contributed by atoms with Crippen molar-refractivity contribution in [2.75, 3.05) is 10.6 Å². The summed E-state index contributed by atoms with van der Waals surface area (Å²) >= 11 is 12.1. The average Bonchev–Trinajstić information content (AvgIpc) is 2.75. The lowest BCUT2D eigenvalue weighted by molar-refractivity contribution is -0.112. The summed E-state index contributed by atoms with van der Waals surface area (Å²) in [7, 11) is 0. The summed E-state index contributed by atoms with van der Waals surface area (Å²) in [4.78, 5) is 25.0. The first kappa shape index (κ1) is 22.1. The Hall–Kier alpha value is -3.59. The fraction of sp³-hybridized carbons (Fsp3) is 0.0417. The number of amides is 2.